The highest BCUT2D eigenvalue weighted by molar-refractivity contribution is 5.88. The lowest BCUT2D eigenvalue weighted by Gasteiger charge is -2.35. The molecule has 4 rings (SSSR count). The molecule has 0 aliphatic carbocycles. The fourth-order valence-corrected chi connectivity index (χ4v) is 3.81. The lowest BCUT2D eigenvalue weighted by molar-refractivity contribution is -0.132. The van der Waals surface area contributed by atoms with E-state index in [1.54, 1.807) is 0 Å². The number of aromatic amines is 1. The Morgan fingerprint density at radius 1 is 1.21 bits per heavy atom. The van der Waals surface area contributed by atoms with E-state index in [2.05, 4.69) is 16.0 Å². The first-order valence-corrected chi connectivity index (χ1v) is 8.96. The van der Waals surface area contributed by atoms with Crippen LogP contribution in [0.25, 0.3) is 10.9 Å². The zero-order valence-electron chi connectivity index (χ0n) is 14.0. The van der Waals surface area contributed by atoms with Gasteiger partial charge in [-0.05, 0) is 24.5 Å². The summed E-state index contributed by atoms with van der Waals surface area (Å²) < 4.78 is 5.72. The molecular formula is C19H25N3O2. The van der Waals surface area contributed by atoms with Gasteiger partial charge in [0.15, 0.2) is 0 Å². The van der Waals surface area contributed by atoms with Crippen molar-refractivity contribution in [3.63, 3.8) is 0 Å². The molecular weight excluding hydrogens is 302 g/mol. The molecule has 0 radical (unpaired) electrons. The largest absolute Gasteiger partial charge is 0.377 e. The average molecular weight is 327 g/mol. The molecule has 0 spiro atoms. The highest BCUT2D eigenvalue weighted by Crippen LogP contribution is 2.19. The van der Waals surface area contributed by atoms with Crippen LogP contribution >= 0.6 is 0 Å². The Hall–Kier alpha value is -1.85. The Balaban J connectivity index is 1.31. The summed E-state index contributed by atoms with van der Waals surface area (Å²) >= 11 is 0. The van der Waals surface area contributed by atoms with Gasteiger partial charge < -0.3 is 14.6 Å². The summed E-state index contributed by atoms with van der Waals surface area (Å²) in [6, 6.07) is 8.16. The van der Waals surface area contributed by atoms with Crippen molar-refractivity contribution in [1.29, 1.82) is 0 Å². The number of carbonyl (C=O) groups is 1. The van der Waals surface area contributed by atoms with Crippen molar-refractivity contribution in [3.05, 3.63) is 36.0 Å². The SMILES string of the molecule is O=C(Cc1c[nH]c2ccccc12)N1CCN(C[C@@H]2CCCO2)CC1. The van der Waals surface area contributed by atoms with E-state index in [9.17, 15) is 4.79 Å². The van der Waals surface area contributed by atoms with E-state index < -0.39 is 0 Å². The Bertz CT molecular complexity index is 697. The molecule has 2 fully saturated rings. The number of hydrogen-bond donors (Lipinski definition) is 1. The van der Waals surface area contributed by atoms with Crippen molar-refractivity contribution in [3.8, 4) is 0 Å². The molecule has 2 aliphatic rings. The normalized spacial score (nSPS) is 22.3. The molecule has 2 aliphatic heterocycles. The van der Waals surface area contributed by atoms with E-state index in [4.69, 9.17) is 4.74 Å². The van der Waals surface area contributed by atoms with E-state index in [0.717, 1.165) is 55.8 Å². The van der Waals surface area contributed by atoms with Gasteiger partial charge in [-0.25, -0.2) is 0 Å². The summed E-state index contributed by atoms with van der Waals surface area (Å²) in [7, 11) is 0. The molecule has 5 heteroatoms. The number of H-pyrrole nitrogens is 1. The molecule has 3 heterocycles. The van der Waals surface area contributed by atoms with Gasteiger partial charge in [0.05, 0.1) is 12.5 Å². The summed E-state index contributed by atoms with van der Waals surface area (Å²) in [5.74, 6) is 0.233. The summed E-state index contributed by atoms with van der Waals surface area (Å²) in [5.41, 5.74) is 2.19. The lowest BCUT2D eigenvalue weighted by Crippen LogP contribution is -2.50. The van der Waals surface area contributed by atoms with Crippen LogP contribution < -0.4 is 0 Å². The first-order chi connectivity index (χ1) is 11.8. The van der Waals surface area contributed by atoms with Gasteiger partial charge in [-0.3, -0.25) is 9.69 Å². The number of piperazine rings is 1. The molecule has 0 bridgehead atoms. The Labute approximate surface area is 142 Å². The standard InChI is InChI=1S/C19H25N3O2/c23-19(12-15-13-20-18-6-2-1-5-17(15)18)22-9-7-21(8-10-22)14-16-4-3-11-24-16/h1-2,5-6,13,16,20H,3-4,7-12,14H2/t16-/m0/s1. The second kappa shape index (κ2) is 6.95. The number of aromatic nitrogens is 1. The zero-order valence-corrected chi connectivity index (χ0v) is 14.0. The number of para-hydroxylation sites is 1. The fraction of sp³-hybridized carbons (Fsp3) is 0.526. The maximum atomic E-state index is 12.6. The van der Waals surface area contributed by atoms with Crippen molar-refractivity contribution in [2.45, 2.75) is 25.4 Å². The van der Waals surface area contributed by atoms with Crippen molar-refractivity contribution >= 4 is 16.8 Å². The van der Waals surface area contributed by atoms with Crippen LogP contribution in [0.4, 0.5) is 0 Å². The Morgan fingerprint density at radius 2 is 2.04 bits per heavy atom. The second-order valence-electron chi connectivity index (χ2n) is 6.85. The molecule has 128 valence electrons. The van der Waals surface area contributed by atoms with Crippen LogP contribution in [0.3, 0.4) is 0 Å². The number of benzene rings is 1. The molecule has 2 saturated heterocycles. The number of ether oxygens (including phenoxy) is 1. The van der Waals surface area contributed by atoms with Crippen molar-refractivity contribution in [2.24, 2.45) is 0 Å². The molecule has 1 aromatic carbocycles. The maximum Gasteiger partial charge on any atom is 0.227 e. The number of fused-ring (bicyclic) bond motifs is 1. The molecule has 1 atom stereocenters. The molecule has 5 nitrogen and oxygen atoms in total. The summed E-state index contributed by atoms with van der Waals surface area (Å²) in [6.45, 7) is 5.50. The van der Waals surface area contributed by atoms with Crippen molar-refractivity contribution in [2.75, 3.05) is 39.3 Å². The molecule has 2 aromatic rings. The summed E-state index contributed by atoms with van der Waals surface area (Å²) in [6.07, 6.45) is 5.22. The quantitative estimate of drug-likeness (QED) is 0.935. The number of carbonyl (C=O) groups excluding carboxylic acids is 1. The highest BCUT2D eigenvalue weighted by atomic mass is 16.5. The van der Waals surface area contributed by atoms with Crippen molar-refractivity contribution in [1.82, 2.24) is 14.8 Å². The number of nitrogens with zero attached hydrogens (tertiary/aromatic N) is 2. The van der Waals surface area contributed by atoms with E-state index in [-0.39, 0.29) is 5.91 Å². The second-order valence-corrected chi connectivity index (χ2v) is 6.85. The van der Waals surface area contributed by atoms with Crippen LogP contribution in [0, 0.1) is 0 Å². The fourth-order valence-electron chi connectivity index (χ4n) is 3.81. The van der Waals surface area contributed by atoms with Gasteiger partial charge in [0.25, 0.3) is 0 Å². The Morgan fingerprint density at radius 3 is 2.83 bits per heavy atom. The summed E-state index contributed by atoms with van der Waals surface area (Å²) in [5, 5.41) is 1.16. The first-order valence-electron chi connectivity index (χ1n) is 8.96. The van der Waals surface area contributed by atoms with Crippen LogP contribution in [0.5, 0.6) is 0 Å². The number of amides is 1. The predicted molar refractivity (Wildman–Crippen MR) is 94.0 cm³/mol. The Kier molecular flexibility index (Phi) is 4.54. The topological polar surface area (TPSA) is 48.6 Å². The van der Waals surface area contributed by atoms with Crippen LogP contribution in [0.1, 0.15) is 18.4 Å². The van der Waals surface area contributed by atoms with Gasteiger partial charge >= 0.3 is 0 Å². The van der Waals surface area contributed by atoms with E-state index in [1.165, 1.54) is 12.8 Å². The number of hydrogen-bond acceptors (Lipinski definition) is 3. The van der Waals surface area contributed by atoms with Crippen LogP contribution in [0.2, 0.25) is 0 Å². The minimum absolute atomic E-state index is 0.233. The van der Waals surface area contributed by atoms with Gasteiger partial charge in [0.1, 0.15) is 0 Å². The van der Waals surface area contributed by atoms with Crippen LogP contribution in [-0.4, -0.2) is 66.1 Å². The molecule has 0 saturated carbocycles. The highest BCUT2D eigenvalue weighted by Gasteiger charge is 2.25. The average Bonchev–Trinajstić information content (AvgIpc) is 3.26. The maximum absolute atomic E-state index is 12.6. The molecule has 1 amide bonds. The molecule has 24 heavy (non-hydrogen) atoms. The smallest absolute Gasteiger partial charge is 0.227 e. The van der Waals surface area contributed by atoms with E-state index in [0.29, 0.717) is 12.5 Å². The minimum atomic E-state index is 0.233. The minimum Gasteiger partial charge on any atom is -0.377 e. The van der Waals surface area contributed by atoms with Gasteiger partial charge in [0, 0.05) is 56.4 Å². The summed E-state index contributed by atoms with van der Waals surface area (Å²) in [4.78, 5) is 20.3. The first kappa shape index (κ1) is 15.7. The van der Waals surface area contributed by atoms with E-state index >= 15 is 0 Å². The van der Waals surface area contributed by atoms with Crippen LogP contribution in [-0.2, 0) is 16.0 Å². The molecule has 1 N–H and O–H groups in total. The zero-order chi connectivity index (χ0) is 16.4. The van der Waals surface area contributed by atoms with Gasteiger partial charge in [-0.1, -0.05) is 18.2 Å². The number of nitrogens with one attached hydrogen (secondary N) is 1. The van der Waals surface area contributed by atoms with Gasteiger partial charge in [0.2, 0.25) is 5.91 Å². The van der Waals surface area contributed by atoms with Gasteiger partial charge in [-0.2, -0.15) is 0 Å². The third-order valence-corrected chi connectivity index (χ3v) is 5.23. The van der Waals surface area contributed by atoms with E-state index in [1.807, 2.05) is 29.3 Å². The van der Waals surface area contributed by atoms with Crippen LogP contribution in [0.15, 0.2) is 30.5 Å². The lowest BCUT2D eigenvalue weighted by atomic mass is 10.1. The third-order valence-electron chi connectivity index (χ3n) is 5.23. The third kappa shape index (κ3) is 3.32. The van der Waals surface area contributed by atoms with Crippen molar-refractivity contribution < 1.29 is 9.53 Å². The monoisotopic (exact) mass is 327 g/mol. The molecule has 1 aromatic heterocycles. The molecule has 0 unspecified atom stereocenters. The van der Waals surface area contributed by atoms with Gasteiger partial charge in [-0.15, -0.1) is 0 Å². The number of rotatable bonds is 4. The predicted octanol–water partition coefficient (Wildman–Crippen LogP) is 2.03.